The number of amides is 1. The Balaban J connectivity index is 2.26. The highest BCUT2D eigenvalue weighted by molar-refractivity contribution is 5.96. The average Bonchev–Trinajstić information content (AvgIpc) is 2.41. The third kappa shape index (κ3) is 2.75. The summed E-state index contributed by atoms with van der Waals surface area (Å²) in [5.41, 5.74) is 0.724. The number of nitrogens with zero attached hydrogens (tertiary/aromatic N) is 1. The Morgan fingerprint density at radius 2 is 2.11 bits per heavy atom. The number of carboxylic acid groups (broad SMARTS) is 1. The maximum Gasteiger partial charge on any atom is 0.326 e. The zero-order valence-corrected chi connectivity index (χ0v) is 10.7. The van der Waals surface area contributed by atoms with Gasteiger partial charge in [0.2, 0.25) is 0 Å². The fourth-order valence-corrected chi connectivity index (χ4v) is 2.37. The summed E-state index contributed by atoms with van der Waals surface area (Å²) in [6, 6.07) is 3.33. The minimum absolute atomic E-state index is 0.338. The van der Waals surface area contributed by atoms with Crippen molar-refractivity contribution in [2.24, 2.45) is 0 Å². The van der Waals surface area contributed by atoms with Crippen LogP contribution < -0.4 is 0 Å². The van der Waals surface area contributed by atoms with Crippen molar-refractivity contribution in [2.75, 3.05) is 6.54 Å². The van der Waals surface area contributed by atoms with Crippen LogP contribution in [0.3, 0.4) is 0 Å². The fourth-order valence-electron chi connectivity index (χ4n) is 2.37. The SMILES string of the molecule is Cc1cc(C(=O)N2CCCC[C@@H]2C(=O)O)ccc1F. The molecule has 0 aromatic heterocycles. The lowest BCUT2D eigenvalue weighted by molar-refractivity contribution is -0.143. The number of aliphatic carboxylic acids is 1. The highest BCUT2D eigenvalue weighted by atomic mass is 19.1. The van der Waals surface area contributed by atoms with Gasteiger partial charge < -0.3 is 10.0 Å². The lowest BCUT2D eigenvalue weighted by Gasteiger charge is -2.33. The normalized spacial score (nSPS) is 19.3. The molecule has 1 N–H and O–H groups in total. The van der Waals surface area contributed by atoms with Crippen molar-refractivity contribution in [2.45, 2.75) is 32.2 Å². The van der Waals surface area contributed by atoms with Crippen LogP contribution in [0.2, 0.25) is 0 Å². The second kappa shape index (κ2) is 5.38. The molecule has 19 heavy (non-hydrogen) atoms. The molecule has 0 unspecified atom stereocenters. The first kappa shape index (κ1) is 13.5. The van der Waals surface area contributed by atoms with Gasteiger partial charge in [0.15, 0.2) is 0 Å². The van der Waals surface area contributed by atoms with E-state index in [-0.39, 0.29) is 11.7 Å². The molecule has 0 radical (unpaired) electrons. The van der Waals surface area contributed by atoms with E-state index in [1.54, 1.807) is 6.92 Å². The number of likely N-dealkylation sites (tertiary alicyclic amines) is 1. The van der Waals surface area contributed by atoms with E-state index >= 15 is 0 Å². The molecule has 0 aliphatic carbocycles. The Labute approximate surface area is 110 Å². The molecule has 1 aliphatic rings. The van der Waals surface area contributed by atoms with Crippen molar-refractivity contribution < 1.29 is 19.1 Å². The smallest absolute Gasteiger partial charge is 0.326 e. The summed E-state index contributed by atoms with van der Waals surface area (Å²) >= 11 is 0. The van der Waals surface area contributed by atoms with Gasteiger partial charge in [-0.3, -0.25) is 4.79 Å². The molecule has 0 saturated carbocycles. The molecule has 2 rings (SSSR count). The van der Waals surface area contributed by atoms with Crippen molar-refractivity contribution in [1.29, 1.82) is 0 Å². The summed E-state index contributed by atoms with van der Waals surface area (Å²) < 4.78 is 13.2. The number of hydrogen-bond donors (Lipinski definition) is 1. The van der Waals surface area contributed by atoms with Crippen molar-refractivity contribution in [3.63, 3.8) is 0 Å². The van der Waals surface area contributed by atoms with Crippen molar-refractivity contribution >= 4 is 11.9 Å². The molecule has 1 heterocycles. The third-order valence-electron chi connectivity index (χ3n) is 3.45. The first-order chi connectivity index (χ1) is 9.00. The van der Waals surface area contributed by atoms with Crippen molar-refractivity contribution in [3.8, 4) is 0 Å². The molecule has 1 aliphatic heterocycles. The van der Waals surface area contributed by atoms with Gasteiger partial charge in [-0.15, -0.1) is 0 Å². The van der Waals surface area contributed by atoms with Gasteiger partial charge in [-0.25, -0.2) is 9.18 Å². The Morgan fingerprint density at radius 3 is 2.74 bits per heavy atom. The monoisotopic (exact) mass is 265 g/mol. The molecule has 0 bridgehead atoms. The summed E-state index contributed by atoms with van der Waals surface area (Å²) in [4.78, 5) is 24.9. The number of hydrogen-bond acceptors (Lipinski definition) is 2. The predicted octanol–water partition coefficient (Wildman–Crippen LogP) is 2.21. The molecule has 1 fully saturated rings. The topological polar surface area (TPSA) is 57.6 Å². The van der Waals surface area contributed by atoms with E-state index in [0.717, 1.165) is 12.8 Å². The number of rotatable bonds is 2. The maximum atomic E-state index is 13.2. The second-order valence-electron chi connectivity index (χ2n) is 4.81. The Kier molecular flexibility index (Phi) is 3.83. The molecule has 1 aromatic carbocycles. The van der Waals surface area contributed by atoms with Crippen LogP contribution in [0, 0.1) is 12.7 Å². The Bertz CT molecular complexity index is 515. The lowest BCUT2D eigenvalue weighted by Crippen LogP contribution is -2.48. The van der Waals surface area contributed by atoms with Gasteiger partial charge in [0.1, 0.15) is 11.9 Å². The van der Waals surface area contributed by atoms with Crippen LogP contribution in [-0.4, -0.2) is 34.5 Å². The van der Waals surface area contributed by atoms with Gasteiger partial charge in [-0.2, -0.15) is 0 Å². The molecule has 1 amide bonds. The minimum Gasteiger partial charge on any atom is -0.480 e. The van der Waals surface area contributed by atoms with Crippen LogP contribution in [0.25, 0.3) is 0 Å². The second-order valence-corrected chi connectivity index (χ2v) is 4.81. The van der Waals surface area contributed by atoms with E-state index in [9.17, 15) is 14.0 Å². The van der Waals surface area contributed by atoms with Crippen LogP contribution >= 0.6 is 0 Å². The maximum absolute atomic E-state index is 13.2. The van der Waals surface area contributed by atoms with Gasteiger partial charge in [-0.1, -0.05) is 0 Å². The number of carbonyl (C=O) groups excluding carboxylic acids is 1. The van der Waals surface area contributed by atoms with E-state index in [4.69, 9.17) is 5.11 Å². The fraction of sp³-hybridized carbons (Fsp3) is 0.429. The third-order valence-corrected chi connectivity index (χ3v) is 3.45. The minimum atomic E-state index is -0.980. The van der Waals surface area contributed by atoms with Crippen LogP contribution in [-0.2, 0) is 4.79 Å². The molecule has 4 nitrogen and oxygen atoms in total. The number of aryl methyl sites for hydroxylation is 1. The predicted molar refractivity (Wildman–Crippen MR) is 67.4 cm³/mol. The molecule has 102 valence electrons. The van der Waals surface area contributed by atoms with Crippen molar-refractivity contribution in [1.82, 2.24) is 4.90 Å². The summed E-state index contributed by atoms with van der Waals surface area (Å²) in [7, 11) is 0. The van der Waals surface area contributed by atoms with E-state index in [2.05, 4.69) is 0 Å². The highest BCUT2D eigenvalue weighted by Gasteiger charge is 2.32. The number of benzene rings is 1. The van der Waals surface area contributed by atoms with Crippen LogP contribution in [0.1, 0.15) is 35.2 Å². The number of piperidine rings is 1. The largest absolute Gasteiger partial charge is 0.480 e. The Hall–Kier alpha value is -1.91. The van der Waals surface area contributed by atoms with Gasteiger partial charge >= 0.3 is 5.97 Å². The number of halogens is 1. The first-order valence-corrected chi connectivity index (χ1v) is 6.30. The lowest BCUT2D eigenvalue weighted by atomic mass is 10.0. The van der Waals surface area contributed by atoms with E-state index in [1.165, 1.54) is 23.1 Å². The highest BCUT2D eigenvalue weighted by Crippen LogP contribution is 2.21. The summed E-state index contributed by atoms with van der Waals surface area (Å²) in [6.45, 7) is 2.02. The zero-order chi connectivity index (χ0) is 14.0. The van der Waals surface area contributed by atoms with Crippen LogP contribution in [0.5, 0.6) is 0 Å². The standard InChI is InChI=1S/C14H16FNO3/c1-9-8-10(5-6-11(9)15)13(17)16-7-3-2-4-12(16)14(18)19/h5-6,8,12H,2-4,7H2,1H3,(H,18,19)/t12-/m1/s1. The molecule has 1 aromatic rings. The summed E-state index contributed by atoms with van der Waals surface area (Å²) in [5.74, 6) is -1.69. The zero-order valence-electron chi connectivity index (χ0n) is 10.7. The summed E-state index contributed by atoms with van der Waals surface area (Å²) in [6.07, 6.45) is 2.08. The summed E-state index contributed by atoms with van der Waals surface area (Å²) in [5, 5.41) is 9.15. The number of carbonyl (C=O) groups is 2. The van der Waals surface area contributed by atoms with Crippen LogP contribution in [0.15, 0.2) is 18.2 Å². The average molecular weight is 265 g/mol. The molecule has 1 atom stereocenters. The molecule has 1 saturated heterocycles. The van der Waals surface area contributed by atoms with Gasteiger partial charge in [0, 0.05) is 12.1 Å². The van der Waals surface area contributed by atoms with E-state index in [0.29, 0.717) is 24.1 Å². The molecule has 0 spiro atoms. The van der Waals surface area contributed by atoms with Gasteiger partial charge in [0.05, 0.1) is 0 Å². The van der Waals surface area contributed by atoms with Gasteiger partial charge in [-0.05, 0) is 49.9 Å². The van der Waals surface area contributed by atoms with Crippen LogP contribution in [0.4, 0.5) is 4.39 Å². The molecular weight excluding hydrogens is 249 g/mol. The van der Waals surface area contributed by atoms with Gasteiger partial charge in [0.25, 0.3) is 5.91 Å². The van der Waals surface area contributed by atoms with E-state index < -0.39 is 12.0 Å². The molecular formula is C14H16FNO3. The Morgan fingerprint density at radius 1 is 1.37 bits per heavy atom. The quantitative estimate of drug-likeness (QED) is 0.892. The van der Waals surface area contributed by atoms with Crippen molar-refractivity contribution in [3.05, 3.63) is 35.1 Å². The number of carboxylic acids is 1. The molecule has 5 heteroatoms. The van der Waals surface area contributed by atoms with E-state index in [1.807, 2.05) is 0 Å². The first-order valence-electron chi connectivity index (χ1n) is 6.30.